The number of thiophene rings is 1. The third-order valence-corrected chi connectivity index (χ3v) is 8.47. The number of hydrogen-bond donors (Lipinski definition) is 0. The van der Waals surface area contributed by atoms with Gasteiger partial charge in [-0.15, -0.1) is 11.3 Å². The van der Waals surface area contributed by atoms with Crippen LogP contribution in [0.5, 0.6) is 0 Å². The van der Waals surface area contributed by atoms with Crippen molar-refractivity contribution in [1.82, 2.24) is 9.21 Å². The van der Waals surface area contributed by atoms with E-state index in [0.29, 0.717) is 18.4 Å². The molecule has 7 nitrogen and oxygen atoms in total. The summed E-state index contributed by atoms with van der Waals surface area (Å²) in [4.78, 5) is 26.4. The number of amides is 1. The van der Waals surface area contributed by atoms with Crippen LogP contribution in [-0.2, 0) is 30.9 Å². The number of nitrogens with zero attached hydrogens (tertiary/aromatic N) is 2. The van der Waals surface area contributed by atoms with E-state index in [9.17, 15) is 22.4 Å². The normalized spacial score (nSPS) is 16.6. The molecule has 1 amide bonds. The minimum atomic E-state index is -3.54. The van der Waals surface area contributed by atoms with Crippen LogP contribution in [0.2, 0.25) is 0 Å². The zero-order valence-electron chi connectivity index (χ0n) is 17.4. The fourth-order valence-electron chi connectivity index (χ4n) is 3.49. The predicted molar refractivity (Wildman–Crippen MR) is 114 cm³/mol. The molecule has 31 heavy (non-hydrogen) atoms. The maximum atomic E-state index is 13.3. The van der Waals surface area contributed by atoms with E-state index in [1.165, 1.54) is 28.3 Å². The number of sulfonamides is 1. The van der Waals surface area contributed by atoms with E-state index in [4.69, 9.17) is 4.74 Å². The van der Waals surface area contributed by atoms with Crippen LogP contribution in [0.25, 0.3) is 0 Å². The molecule has 0 aliphatic carbocycles. The molecule has 2 aromatic rings. The van der Waals surface area contributed by atoms with Gasteiger partial charge in [-0.1, -0.05) is 18.2 Å². The number of ether oxygens (including phenoxy) is 1. The fourth-order valence-corrected chi connectivity index (χ4v) is 6.10. The maximum absolute atomic E-state index is 13.3. The van der Waals surface area contributed by atoms with Crippen LogP contribution in [0.3, 0.4) is 0 Å². The topological polar surface area (TPSA) is 84.0 Å². The van der Waals surface area contributed by atoms with E-state index in [2.05, 4.69) is 0 Å². The summed E-state index contributed by atoms with van der Waals surface area (Å²) in [7, 11) is -1.98. The van der Waals surface area contributed by atoms with Crippen molar-refractivity contribution in [3.05, 3.63) is 53.2 Å². The number of rotatable bonds is 7. The minimum Gasteiger partial charge on any atom is -0.452 e. The lowest BCUT2D eigenvalue weighted by Crippen LogP contribution is -2.42. The summed E-state index contributed by atoms with van der Waals surface area (Å²) in [5.74, 6) is -1.74. The van der Waals surface area contributed by atoms with Gasteiger partial charge in [0.1, 0.15) is 10.0 Å². The monoisotopic (exact) mass is 468 g/mol. The van der Waals surface area contributed by atoms with Crippen molar-refractivity contribution in [2.24, 2.45) is 5.92 Å². The molecule has 1 fully saturated rings. The van der Waals surface area contributed by atoms with E-state index in [-0.39, 0.29) is 29.7 Å². The Labute approximate surface area is 185 Å². The summed E-state index contributed by atoms with van der Waals surface area (Å²) in [5.41, 5.74) is 0.633. The average Bonchev–Trinajstić information content (AvgIpc) is 3.29. The quantitative estimate of drug-likeness (QED) is 0.584. The van der Waals surface area contributed by atoms with Crippen molar-refractivity contribution in [2.75, 3.05) is 20.1 Å². The molecular formula is C21H25FN2O5S2. The molecule has 0 saturated carbocycles. The second kappa shape index (κ2) is 9.88. The molecule has 168 valence electrons. The smallest absolute Gasteiger partial charge is 0.309 e. The number of carbonyl (C=O) groups excluding carboxylic acids is 2. The number of carbonyl (C=O) groups is 2. The van der Waals surface area contributed by atoms with Crippen molar-refractivity contribution >= 4 is 33.2 Å². The third-order valence-electron chi connectivity index (χ3n) is 5.20. The van der Waals surface area contributed by atoms with E-state index in [0.717, 1.165) is 11.3 Å². The van der Waals surface area contributed by atoms with Gasteiger partial charge in [0, 0.05) is 26.7 Å². The van der Waals surface area contributed by atoms with Crippen LogP contribution in [0.15, 0.2) is 46.0 Å². The molecule has 1 atom stereocenters. The van der Waals surface area contributed by atoms with Gasteiger partial charge in [0.25, 0.3) is 15.9 Å². The zero-order chi connectivity index (χ0) is 22.6. The highest BCUT2D eigenvalue weighted by Gasteiger charge is 2.34. The van der Waals surface area contributed by atoms with Gasteiger partial charge in [-0.3, -0.25) is 9.59 Å². The molecule has 1 aromatic heterocycles. The fraction of sp³-hybridized carbons (Fsp3) is 0.429. The number of benzene rings is 1. The highest BCUT2D eigenvalue weighted by molar-refractivity contribution is 7.91. The SMILES string of the molecule is C[C@H](OC(=O)C1CCN(S(=O)(=O)c2cccs2)CC1)C(=O)N(C)Cc1cccc(F)c1. The molecule has 10 heteroatoms. The molecular weight excluding hydrogens is 443 g/mol. The lowest BCUT2D eigenvalue weighted by atomic mass is 9.98. The lowest BCUT2D eigenvalue weighted by molar-refractivity contribution is -0.163. The van der Waals surface area contributed by atoms with Gasteiger partial charge >= 0.3 is 5.97 Å². The second-order valence-electron chi connectivity index (χ2n) is 7.51. The average molecular weight is 469 g/mol. The Morgan fingerprint density at radius 3 is 2.58 bits per heavy atom. The van der Waals surface area contributed by atoms with Gasteiger partial charge < -0.3 is 9.64 Å². The van der Waals surface area contributed by atoms with Crippen molar-refractivity contribution in [3.8, 4) is 0 Å². The van der Waals surface area contributed by atoms with Gasteiger partial charge in [-0.2, -0.15) is 4.31 Å². The van der Waals surface area contributed by atoms with E-state index < -0.39 is 33.9 Å². The molecule has 3 rings (SSSR count). The predicted octanol–water partition coefficient (Wildman–Crippen LogP) is 2.88. The second-order valence-corrected chi connectivity index (χ2v) is 10.6. The Balaban J connectivity index is 1.50. The Kier molecular flexibility index (Phi) is 7.45. The van der Waals surface area contributed by atoms with Crippen molar-refractivity contribution in [2.45, 2.75) is 36.6 Å². The molecule has 0 bridgehead atoms. The lowest BCUT2D eigenvalue weighted by Gasteiger charge is -2.30. The summed E-state index contributed by atoms with van der Waals surface area (Å²) in [5, 5.41) is 1.71. The molecule has 1 aromatic carbocycles. The maximum Gasteiger partial charge on any atom is 0.309 e. The van der Waals surface area contributed by atoms with E-state index in [1.807, 2.05) is 0 Å². The van der Waals surface area contributed by atoms with E-state index in [1.54, 1.807) is 36.7 Å². The first-order valence-electron chi connectivity index (χ1n) is 9.92. The first-order chi connectivity index (χ1) is 14.7. The Hall–Kier alpha value is -2.30. The van der Waals surface area contributed by atoms with E-state index >= 15 is 0 Å². The largest absolute Gasteiger partial charge is 0.452 e. The van der Waals surface area contributed by atoms with Crippen molar-refractivity contribution < 1.29 is 27.1 Å². The zero-order valence-corrected chi connectivity index (χ0v) is 19.0. The number of hydrogen-bond acceptors (Lipinski definition) is 6. The molecule has 0 radical (unpaired) electrons. The number of esters is 1. The summed E-state index contributed by atoms with van der Waals surface area (Å²) in [6.45, 7) is 2.14. The third kappa shape index (κ3) is 5.69. The Morgan fingerprint density at radius 2 is 1.97 bits per heavy atom. The van der Waals surface area contributed by atoms with Crippen molar-refractivity contribution in [1.29, 1.82) is 0 Å². The number of halogens is 1. The van der Waals surface area contributed by atoms with Crippen molar-refractivity contribution in [3.63, 3.8) is 0 Å². The Bertz CT molecular complexity index is 1020. The van der Waals surface area contributed by atoms with Crippen LogP contribution in [0, 0.1) is 11.7 Å². The summed E-state index contributed by atoms with van der Waals surface area (Å²) in [6, 6.07) is 9.20. The van der Waals surface area contributed by atoms with Crippen LogP contribution in [0.4, 0.5) is 4.39 Å². The molecule has 0 N–H and O–H groups in total. The van der Waals surface area contributed by atoms with Crippen LogP contribution >= 0.6 is 11.3 Å². The van der Waals surface area contributed by atoms with Crippen LogP contribution in [-0.4, -0.2) is 55.7 Å². The highest BCUT2D eigenvalue weighted by atomic mass is 32.2. The van der Waals surface area contributed by atoms with Gasteiger partial charge in [0.15, 0.2) is 6.10 Å². The van der Waals surface area contributed by atoms with Gasteiger partial charge in [-0.25, -0.2) is 12.8 Å². The highest BCUT2D eigenvalue weighted by Crippen LogP contribution is 2.27. The standard InChI is InChI=1S/C21H25FN2O5S2/c1-15(20(25)23(2)14-16-5-3-6-18(22)13-16)29-21(26)17-8-10-24(11-9-17)31(27,28)19-7-4-12-30-19/h3-7,12-13,15,17H,8-11,14H2,1-2H3/t15-/m0/s1. The Morgan fingerprint density at radius 1 is 1.26 bits per heavy atom. The summed E-state index contributed by atoms with van der Waals surface area (Å²) >= 11 is 1.16. The molecule has 1 aliphatic rings. The minimum absolute atomic E-state index is 0.192. The number of likely N-dealkylation sites (N-methyl/N-ethyl adjacent to an activating group) is 1. The summed E-state index contributed by atoms with van der Waals surface area (Å²) in [6.07, 6.45) is -0.314. The first kappa shape index (κ1) is 23.4. The van der Waals surface area contributed by atoms with Gasteiger partial charge in [-0.05, 0) is 48.9 Å². The molecule has 1 aliphatic heterocycles. The van der Waals surface area contributed by atoms with Gasteiger partial charge in [0.05, 0.1) is 5.92 Å². The van der Waals surface area contributed by atoms with Gasteiger partial charge in [0.2, 0.25) is 0 Å². The summed E-state index contributed by atoms with van der Waals surface area (Å²) < 4.78 is 45.5. The number of piperidine rings is 1. The first-order valence-corrected chi connectivity index (χ1v) is 12.2. The molecule has 2 heterocycles. The molecule has 1 saturated heterocycles. The van der Waals surface area contributed by atoms with Crippen LogP contribution in [0.1, 0.15) is 25.3 Å². The molecule has 0 unspecified atom stereocenters. The van der Waals surface area contributed by atoms with Crippen LogP contribution < -0.4 is 0 Å². The molecule has 0 spiro atoms.